The Labute approximate surface area is 363 Å². The minimum absolute atomic E-state index is 0.0274. The number of benzene rings is 2. The van der Waals surface area contributed by atoms with Gasteiger partial charge in [0.25, 0.3) is 0 Å². The van der Waals surface area contributed by atoms with Gasteiger partial charge >= 0.3 is 5.97 Å². The van der Waals surface area contributed by atoms with E-state index in [1.165, 1.54) is 43.0 Å². The number of aromatic amines is 1. The molecule has 5 atom stereocenters. The predicted octanol–water partition coefficient (Wildman–Crippen LogP) is -0.939. The third-order valence-electron chi connectivity index (χ3n) is 9.52. The lowest BCUT2D eigenvalue weighted by molar-refractivity contribution is -0.144. The molecule has 1 aliphatic heterocycles. The van der Waals surface area contributed by atoms with Crippen molar-refractivity contribution in [1.82, 2.24) is 36.5 Å². The number of amides is 8. The van der Waals surface area contributed by atoms with E-state index in [9.17, 15) is 48.3 Å². The molecule has 21 nitrogen and oxygen atoms in total. The molecule has 13 N–H and O–H groups in total. The van der Waals surface area contributed by atoms with Gasteiger partial charge < -0.3 is 58.4 Å². The van der Waals surface area contributed by atoms with Gasteiger partial charge in [0.05, 0.1) is 19.4 Å². The van der Waals surface area contributed by atoms with Gasteiger partial charge in [-0.2, -0.15) is 0 Å². The lowest BCUT2D eigenvalue weighted by Gasteiger charge is -2.32. The third-order valence-corrected chi connectivity index (χ3v) is 11.9. The highest BCUT2D eigenvalue weighted by Crippen LogP contribution is 2.23. The summed E-state index contributed by atoms with van der Waals surface area (Å²) in [5.41, 5.74) is 13.5. The quantitative estimate of drug-likeness (QED) is 0.0666. The maximum absolute atomic E-state index is 14.1. The number of primary amides is 1. The number of para-hydroxylation sites is 1. The number of H-pyrrole nitrogens is 1. The van der Waals surface area contributed by atoms with Crippen molar-refractivity contribution in [3.05, 3.63) is 65.9 Å². The number of aliphatic carboxylic acids is 1. The Kier molecular flexibility index (Phi) is 17.7. The highest BCUT2D eigenvalue weighted by Gasteiger charge is 2.34. The molecule has 0 radical (unpaired) electrons. The van der Waals surface area contributed by atoms with Crippen LogP contribution in [0.15, 0.2) is 54.7 Å². The average Bonchev–Trinajstić information content (AvgIpc) is 3.64. The minimum Gasteiger partial charge on any atom is -0.481 e. The second-order valence-electron chi connectivity index (χ2n) is 14.2. The van der Waals surface area contributed by atoms with Crippen LogP contribution < -0.4 is 43.4 Å². The fourth-order valence-electron chi connectivity index (χ4n) is 6.16. The van der Waals surface area contributed by atoms with Crippen LogP contribution in [0, 0.1) is 5.41 Å². The number of aromatic nitrogens is 1. The average molecular weight is 896 g/mol. The minimum atomic E-state index is -1.74. The van der Waals surface area contributed by atoms with Crippen LogP contribution in [-0.4, -0.2) is 129 Å². The van der Waals surface area contributed by atoms with Gasteiger partial charge in [0.15, 0.2) is 0 Å². The number of nitrogens with two attached hydrogens (primary N) is 2. The van der Waals surface area contributed by atoms with Gasteiger partial charge in [-0.05, 0) is 56.2 Å². The van der Waals surface area contributed by atoms with Crippen molar-refractivity contribution in [3.8, 4) is 0 Å². The fourth-order valence-corrected chi connectivity index (χ4v) is 8.33. The van der Waals surface area contributed by atoms with Crippen LogP contribution in [0.3, 0.4) is 0 Å². The summed E-state index contributed by atoms with van der Waals surface area (Å²) in [5.74, 6) is -8.31. The molecule has 1 aliphatic rings. The number of rotatable bonds is 10. The molecule has 0 spiro atoms. The Morgan fingerprint density at radius 3 is 2.21 bits per heavy atom. The van der Waals surface area contributed by atoms with E-state index in [-0.39, 0.29) is 36.7 Å². The number of carbonyl (C=O) groups is 9. The van der Waals surface area contributed by atoms with Crippen molar-refractivity contribution < 1.29 is 48.3 Å². The van der Waals surface area contributed by atoms with Crippen LogP contribution >= 0.6 is 21.6 Å². The zero-order valence-electron chi connectivity index (χ0n) is 33.8. The van der Waals surface area contributed by atoms with Gasteiger partial charge in [-0.1, -0.05) is 39.8 Å². The first kappa shape index (κ1) is 48.1. The Bertz CT molecular complexity index is 2180. The van der Waals surface area contributed by atoms with Crippen LogP contribution in [0.1, 0.15) is 44.2 Å². The maximum atomic E-state index is 14.1. The van der Waals surface area contributed by atoms with Gasteiger partial charge in [0.1, 0.15) is 36.0 Å². The van der Waals surface area contributed by atoms with Crippen molar-refractivity contribution in [1.29, 1.82) is 5.41 Å². The van der Waals surface area contributed by atoms with Crippen molar-refractivity contribution in [2.24, 2.45) is 11.5 Å². The summed E-state index contributed by atoms with van der Waals surface area (Å²) < 4.78 is 0. The topological polar surface area (TPSA) is 341 Å². The van der Waals surface area contributed by atoms with E-state index in [1.54, 1.807) is 6.20 Å². The molecule has 4 rings (SSSR count). The van der Waals surface area contributed by atoms with E-state index in [2.05, 4.69) is 36.9 Å². The predicted molar refractivity (Wildman–Crippen MR) is 231 cm³/mol. The SMILES string of the molecule is C[C@@H]1NC(=O)[C@H](CC(=O)O)NC(=O)CNC(=O)[C@H](CC(=O)Nc2ccc(C(=N)N)cc2)NC(=O)CCSSC[C@@H](C(N)=O)NC(=O)[C@H](C)N(CCc2c[nH]c3ccccc23)C1=O. The molecular weight excluding hydrogens is 847 g/mol. The molecule has 332 valence electrons. The summed E-state index contributed by atoms with van der Waals surface area (Å²) in [6, 6.07) is 6.36. The molecule has 23 heteroatoms. The molecule has 0 unspecified atom stereocenters. The number of carboxylic acids is 1. The van der Waals surface area contributed by atoms with Crippen LogP contribution in [0.5, 0.6) is 0 Å². The molecule has 2 heterocycles. The normalized spacial score (nSPS) is 21.7. The third kappa shape index (κ3) is 14.2. The largest absolute Gasteiger partial charge is 0.481 e. The summed E-state index contributed by atoms with van der Waals surface area (Å²) in [5, 5.41) is 32.5. The van der Waals surface area contributed by atoms with Gasteiger partial charge in [0, 0.05) is 52.8 Å². The monoisotopic (exact) mass is 895 g/mol. The van der Waals surface area contributed by atoms with Crippen LogP contribution in [-0.2, 0) is 49.6 Å². The highest BCUT2D eigenvalue weighted by atomic mass is 33.1. The van der Waals surface area contributed by atoms with Crippen LogP contribution in [0.4, 0.5) is 5.69 Å². The number of fused-ring (bicyclic) bond motifs is 1. The molecule has 0 saturated carbocycles. The number of nitrogens with one attached hydrogen (secondary N) is 8. The van der Waals surface area contributed by atoms with Crippen molar-refractivity contribution >= 4 is 97.2 Å². The summed E-state index contributed by atoms with van der Waals surface area (Å²) >= 11 is 0. The highest BCUT2D eigenvalue weighted by molar-refractivity contribution is 8.76. The molecule has 1 fully saturated rings. The molecule has 62 heavy (non-hydrogen) atoms. The first-order chi connectivity index (χ1) is 29.4. The van der Waals surface area contributed by atoms with E-state index >= 15 is 0 Å². The lowest BCUT2D eigenvalue weighted by Crippen LogP contribution is -2.59. The zero-order chi connectivity index (χ0) is 45.5. The van der Waals surface area contributed by atoms with Crippen molar-refractivity contribution in [2.45, 2.75) is 69.7 Å². The van der Waals surface area contributed by atoms with Gasteiger partial charge in [-0.15, -0.1) is 0 Å². The number of carboxylic acid groups (broad SMARTS) is 1. The molecule has 1 aromatic heterocycles. The van der Waals surface area contributed by atoms with Crippen LogP contribution in [0.2, 0.25) is 0 Å². The summed E-state index contributed by atoms with van der Waals surface area (Å²) in [6.45, 7) is 1.91. The standard InChI is InChI=1S/C39H49N11O10S2/c1-20-39(60)50(13-11-23-17-43-26-6-4-3-5-25(23)26)21(2)36(57)49-29(35(42)56)19-62-61-14-12-30(51)47-27(15-31(52)46-24-9-7-22(8-10-24)34(40)41)37(58)44-18-32(53)48-28(16-33(54)55)38(59)45-20/h3-10,17,20-21,27-29,43H,11-16,18-19H2,1-2H3,(H3,40,41)(H2,42,56)(H,44,58)(H,45,59)(H,46,52)(H,47,51)(H,48,53)(H,49,57)(H,54,55)/t20-,21-,27-,28-,29-/m0/s1. The van der Waals surface area contributed by atoms with E-state index < -0.39 is 103 Å². The number of nitrogen functional groups attached to an aromatic ring is 1. The van der Waals surface area contributed by atoms with E-state index in [1.807, 2.05) is 24.3 Å². The molecular formula is C39H49N11O10S2. The Morgan fingerprint density at radius 1 is 0.855 bits per heavy atom. The van der Waals surface area contributed by atoms with Crippen LogP contribution in [0.25, 0.3) is 10.9 Å². The molecule has 8 amide bonds. The van der Waals surface area contributed by atoms with E-state index in [0.717, 1.165) is 38.1 Å². The van der Waals surface area contributed by atoms with E-state index in [4.69, 9.17) is 16.9 Å². The molecule has 3 aromatic rings. The molecule has 0 bridgehead atoms. The summed E-state index contributed by atoms with van der Waals surface area (Å²) in [7, 11) is 2.28. The zero-order valence-corrected chi connectivity index (χ0v) is 35.4. The summed E-state index contributed by atoms with van der Waals surface area (Å²) in [4.78, 5) is 122. The van der Waals surface area contributed by atoms with Crippen molar-refractivity contribution in [2.75, 3.05) is 29.9 Å². The van der Waals surface area contributed by atoms with Gasteiger partial charge in [-0.25, -0.2) is 0 Å². The first-order valence-electron chi connectivity index (χ1n) is 19.3. The molecule has 0 aliphatic carbocycles. The number of anilines is 1. The lowest BCUT2D eigenvalue weighted by atomic mass is 10.1. The smallest absolute Gasteiger partial charge is 0.305 e. The Balaban J connectivity index is 1.56. The second-order valence-corrected chi connectivity index (χ2v) is 16.8. The maximum Gasteiger partial charge on any atom is 0.305 e. The summed E-state index contributed by atoms with van der Waals surface area (Å²) in [6.07, 6.45) is 0.343. The number of amidine groups is 1. The molecule has 2 aromatic carbocycles. The number of hydrogen-bond donors (Lipinski definition) is 11. The fraction of sp³-hybridized carbons (Fsp3) is 0.385. The number of nitrogens with zero attached hydrogens (tertiary/aromatic N) is 1. The second kappa shape index (κ2) is 22.8. The Morgan fingerprint density at radius 2 is 1.53 bits per heavy atom. The van der Waals surface area contributed by atoms with Gasteiger partial charge in [0.2, 0.25) is 47.3 Å². The first-order valence-corrected chi connectivity index (χ1v) is 21.7. The van der Waals surface area contributed by atoms with Gasteiger partial charge in [-0.3, -0.25) is 48.6 Å². The number of carbonyl (C=O) groups excluding carboxylic acids is 8. The molecule has 1 saturated heterocycles. The van der Waals surface area contributed by atoms with E-state index in [0.29, 0.717) is 11.3 Å². The number of hydrogen-bond acceptors (Lipinski definition) is 12. The Hall–Kier alpha value is -6.62. The van der Waals surface area contributed by atoms with Crippen molar-refractivity contribution in [3.63, 3.8) is 0 Å².